The highest BCUT2D eigenvalue weighted by atomic mass is 32.2. The van der Waals surface area contributed by atoms with Gasteiger partial charge in [0, 0.05) is 0 Å². The molecule has 1 aliphatic heterocycles. The molecule has 0 aromatic carbocycles. The maximum atomic E-state index is 12.7. The minimum absolute atomic E-state index is 0.0690. The third-order valence-electron chi connectivity index (χ3n) is 6.22. The van der Waals surface area contributed by atoms with E-state index in [1.807, 2.05) is 0 Å². The fourth-order valence-corrected chi connectivity index (χ4v) is 6.05. The maximum absolute atomic E-state index is 12.7. The molecule has 1 saturated heterocycles. The van der Waals surface area contributed by atoms with E-state index in [1.54, 1.807) is 10.9 Å². The molecule has 3 aliphatic rings. The number of hydrogen-bond donors (Lipinski definition) is 1. The minimum Gasteiger partial charge on any atom is -0.347 e. The lowest BCUT2D eigenvalue weighted by Crippen LogP contribution is -2.38. The summed E-state index contributed by atoms with van der Waals surface area (Å²) >= 11 is 0. The Morgan fingerprint density at radius 1 is 1.30 bits per heavy atom. The van der Waals surface area contributed by atoms with Gasteiger partial charge in [0.25, 0.3) is 0 Å². The van der Waals surface area contributed by atoms with Crippen LogP contribution in [0.4, 0.5) is 0 Å². The van der Waals surface area contributed by atoms with Gasteiger partial charge in [-0.25, -0.2) is 13.1 Å². The van der Waals surface area contributed by atoms with Crippen molar-refractivity contribution in [3.8, 4) is 6.07 Å². The van der Waals surface area contributed by atoms with Crippen LogP contribution >= 0.6 is 0 Å². The number of amides is 1. The number of aromatic nitrogens is 3. The van der Waals surface area contributed by atoms with Crippen LogP contribution in [0.1, 0.15) is 63.1 Å². The van der Waals surface area contributed by atoms with Gasteiger partial charge in [0.05, 0.1) is 35.7 Å². The molecule has 4 rings (SSSR count). The molecule has 2 unspecified atom stereocenters. The van der Waals surface area contributed by atoms with Crippen molar-refractivity contribution >= 4 is 15.7 Å². The number of carbonyl (C=O) groups is 1. The summed E-state index contributed by atoms with van der Waals surface area (Å²) in [6.45, 7) is 0. The molecule has 9 heteroatoms. The van der Waals surface area contributed by atoms with Gasteiger partial charge in [-0.3, -0.25) is 4.79 Å². The zero-order chi connectivity index (χ0) is 19.1. The van der Waals surface area contributed by atoms with Crippen LogP contribution < -0.4 is 5.32 Å². The smallest absolute Gasteiger partial charge is 0.224 e. The molecule has 3 fully saturated rings. The van der Waals surface area contributed by atoms with Crippen molar-refractivity contribution in [1.82, 2.24) is 20.3 Å². The summed E-state index contributed by atoms with van der Waals surface area (Å²) in [5.41, 5.74) is 0.101. The number of nitrogens with one attached hydrogen (secondary N) is 1. The van der Waals surface area contributed by atoms with Gasteiger partial charge < -0.3 is 5.32 Å². The van der Waals surface area contributed by atoms with E-state index in [0.29, 0.717) is 12.1 Å². The van der Waals surface area contributed by atoms with Crippen molar-refractivity contribution in [2.75, 3.05) is 11.5 Å². The third-order valence-corrected chi connectivity index (χ3v) is 7.99. The van der Waals surface area contributed by atoms with Crippen molar-refractivity contribution in [2.24, 2.45) is 11.8 Å². The van der Waals surface area contributed by atoms with Crippen molar-refractivity contribution in [2.45, 2.75) is 62.9 Å². The third kappa shape index (κ3) is 3.72. The van der Waals surface area contributed by atoms with E-state index in [9.17, 15) is 18.5 Å². The van der Waals surface area contributed by atoms with Gasteiger partial charge in [-0.2, -0.15) is 5.26 Å². The molecule has 2 aliphatic carbocycles. The highest BCUT2D eigenvalue weighted by molar-refractivity contribution is 7.91. The number of hydrogen-bond acceptors (Lipinski definition) is 6. The van der Waals surface area contributed by atoms with Gasteiger partial charge in [-0.1, -0.05) is 24.5 Å². The predicted molar refractivity (Wildman–Crippen MR) is 97.1 cm³/mol. The van der Waals surface area contributed by atoms with Crippen LogP contribution in [0.3, 0.4) is 0 Å². The summed E-state index contributed by atoms with van der Waals surface area (Å²) in [5, 5.41) is 20.9. The normalized spacial score (nSPS) is 27.6. The highest BCUT2D eigenvalue weighted by Gasteiger charge is 2.47. The second-order valence-electron chi connectivity index (χ2n) is 8.22. The molecule has 27 heavy (non-hydrogen) atoms. The molecule has 2 saturated carbocycles. The summed E-state index contributed by atoms with van der Waals surface area (Å²) in [5.74, 6) is -0.406. The van der Waals surface area contributed by atoms with E-state index in [0.717, 1.165) is 38.5 Å². The molecule has 1 N–H and O–H groups in total. The van der Waals surface area contributed by atoms with Gasteiger partial charge in [-0.05, 0) is 38.0 Å². The molecular weight excluding hydrogens is 366 g/mol. The Balaban J connectivity index is 1.54. The summed E-state index contributed by atoms with van der Waals surface area (Å²) < 4.78 is 25.1. The van der Waals surface area contributed by atoms with Crippen LogP contribution in [0.5, 0.6) is 0 Å². The Hall–Kier alpha value is -1.95. The largest absolute Gasteiger partial charge is 0.347 e. The average molecular weight is 391 g/mol. The van der Waals surface area contributed by atoms with E-state index >= 15 is 0 Å². The standard InChI is InChI=1S/C18H25N5O3S/c19-12-18(7-8-18)23-10-15(21-22-23)16(13-4-2-1-3-5-13)20-17(24)14-6-9-27(25,26)11-14/h10,13-14,16H,1-9,11H2,(H,20,24). The fourth-order valence-electron chi connectivity index (χ4n) is 4.31. The van der Waals surface area contributed by atoms with Crippen LogP contribution in [-0.2, 0) is 20.2 Å². The molecule has 8 nitrogen and oxygen atoms in total. The van der Waals surface area contributed by atoms with E-state index in [4.69, 9.17) is 0 Å². The lowest BCUT2D eigenvalue weighted by atomic mass is 9.82. The molecule has 0 radical (unpaired) electrons. The van der Waals surface area contributed by atoms with Crippen LogP contribution in [0.2, 0.25) is 0 Å². The Kier molecular flexibility index (Phi) is 4.70. The van der Waals surface area contributed by atoms with Crippen LogP contribution in [0.15, 0.2) is 6.20 Å². The van der Waals surface area contributed by atoms with E-state index in [2.05, 4.69) is 21.7 Å². The van der Waals surface area contributed by atoms with Crippen molar-refractivity contribution in [1.29, 1.82) is 5.26 Å². The zero-order valence-corrected chi connectivity index (χ0v) is 16.1. The number of nitrogens with zero attached hydrogens (tertiary/aromatic N) is 4. The summed E-state index contributed by atoms with van der Waals surface area (Å²) in [6.07, 6.45) is 9.16. The summed E-state index contributed by atoms with van der Waals surface area (Å²) in [4.78, 5) is 12.7. The summed E-state index contributed by atoms with van der Waals surface area (Å²) in [6, 6.07) is 2.03. The highest BCUT2D eigenvalue weighted by Crippen LogP contribution is 2.43. The Morgan fingerprint density at radius 3 is 2.63 bits per heavy atom. The Labute approximate surface area is 159 Å². The van der Waals surface area contributed by atoms with E-state index < -0.39 is 21.3 Å². The molecule has 0 spiro atoms. The molecule has 2 atom stereocenters. The fraction of sp³-hybridized carbons (Fsp3) is 0.778. The first-order chi connectivity index (χ1) is 12.9. The van der Waals surface area contributed by atoms with E-state index in [-0.39, 0.29) is 29.4 Å². The first-order valence-electron chi connectivity index (χ1n) is 9.77. The monoisotopic (exact) mass is 391 g/mol. The van der Waals surface area contributed by atoms with Gasteiger partial charge in [-0.15, -0.1) is 5.10 Å². The van der Waals surface area contributed by atoms with Crippen LogP contribution in [-0.4, -0.2) is 40.8 Å². The molecule has 0 bridgehead atoms. The number of rotatable bonds is 5. The topological polar surface area (TPSA) is 118 Å². The zero-order valence-electron chi connectivity index (χ0n) is 15.3. The quantitative estimate of drug-likeness (QED) is 0.812. The van der Waals surface area contributed by atoms with Gasteiger partial charge in [0.15, 0.2) is 15.4 Å². The maximum Gasteiger partial charge on any atom is 0.224 e. The van der Waals surface area contributed by atoms with Crippen LogP contribution in [0, 0.1) is 23.2 Å². The SMILES string of the molecule is N#CC1(n2cc(C(NC(=O)C3CCS(=O)(=O)C3)C3CCCCC3)nn2)CC1. The van der Waals surface area contributed by atoms with Gasteiger partial charge in [0.2, 0.25) is 5.91 Å². The molecular formula is C18H25N5O3S. The Morgan fingerprint density at radius 2 is 2.04 bits per heavy atom. The first kappa shape index (κ1) is 18.4. The number of sulfone groups is 1. The molecule has 1 aromatic rings. The van der Waals surface area contributed by atoms with E-state index in [1.165, 1.54) is 6.42 Å². The van der Waals surface area contributed by atoms with Crippen LogP contribution in [0.25, 0.3) is 0 Å². The molecule has 146 valence electrons. The lowest BCUT2D eigenvalue weighted by molar-refractivity contribution is -0.125. The van der Waals surface area contributed by atoms with Gasteiger partial charge in [0.1, 0.15) is 5.69 Å². The first-order valence-corrected chi connectivity index (χ1v) is 11.6. The lowest BCUT2D eigenvalue weighted by Gasteiger charge is -2.30. The molecule has 1 aromatic heterocycles. The average Bonchev–Trinajstić information content (AvgIpc) is 3.15. The summed E-state index contributed by atoms with van der Waals surface area (Å²) in [7, 11) is -3.11. The van der Waals surface area contributed by atoms with Crippen molar-refractivity contribution in [3.05, 3.63) is 11.9 Å². The van der Waals surface area contributed by atoms with Crippen molar-refractivity contribution < 1.29 is 13.2 Å². The molecule has 2 heterocycles. The Bertz CT molecular complexity index is 862. The van der Waals surface area contributed by atoms with Gasteiger partial charge >= 0.3 is 0 Å². The number of carbonyl (C=O) groups excluding carboxylic acids is 1. The molecule has 1 amide bonds. The minimum atomic E-state index is -3.11. The number of nitriles is 1. The van der Waals surface area contributed by atoms with Crippen molar-refractivity contribution in [3.63, 3.8) is 0 Å². The predicted octanol–water partition coefficient (Wildman–Crippen LogP) is 1.46. The second kappa shape index (κ2) is 6.89. The second-order valence-corrected chi connectivity index (χ2v) is 10.4.